The first kappa shape index (κ1) is 42.8. The van der Waals surface area contributed by atoms with E-state index in [4.69, 9.17) is 0 Å². The summed E-state index contributed by atoms with van der Waals surface area (Å²) in [7, 11) is 19.2. The molecule has 0 aliphatic rings. The zero-order valence-corrected chi connectivity index (χ0v) is 34.8. The fourth-order valence-electron chi connectivity index (χ4n) is 5.39. The summed E-state index contributed by atoms with van der Waals surface area (Å²) >= 11 is 0. The van der Waals surface area contributed by atoms with E-state index in [0.717, 1.165) is 55.1 Å². The van der Waals surface area contributed by atoms with Gasteiger partial charge < -0.3 is 19.2 Å². The largest absolute Gasteiger partial charge is 0.375 e. The molecule has 0 radical (unpaired) electrons. The van der Waals surface area contributed by atoms with Crippen LogP contribution in [-0.2, 0) is 6.54 Å². The van der Waals surface area contributed by atoms with Gasteiger partial charge in [0.1, 0.15) is 0 Å². The molecular weight excluding hydrogens is 677 g/mol. The smallest absolute Gasteiger partial charge is 0.205 e. The molecule has 3 rings (SSSR count). The van der Waals surface area contributed by atoms with E-state index in [9.17, 15) is 0 Å². The molecule has 0 spiro atoms. The van der Waals surface area contributed by atoms with Gasteiger partial charge in [0.15, 0.2) is 12.7 Å². The molecule has 0 saturated carbocycles. The van der Waals surface area contributed by atoms with Gasteiger partial charge in [-0.05, 0) is 87.6 Å². The van der Waals surface area contributed by atoms with Crippen LogP contribution in [0.5, 0.6) is 0 Å². The fraction of sp³-hybridized carbons (Fsp3) is 0.409. The number of allylic oxidation sites excluding steroid dienone is 5. The summed E-state index contributed by atoms with van der Waals surface area (Å²) in [6, 6.07) is 24.1. The van der Waals surface area contributed by atoms with E-state index in [1.807, 2.05) is 33.9 Å². The molecule has 0 unspecified atom stereocenters. The molecule has 1 aromatic heterocycles. The number of aromatic nitrogens is 1. The van der Waals surface area contributed by atoms with Crippen LogP contribution in [0.1, 0.15) is 36.6 Å². The van der Waals surface area contributed by atoms with Crippen LogP contribution < -0.4 is 14.4 Å². The second kappa shape index (κ2) is 23.9. The molecule has 0 aliphatic carbocycles. The summed E-state index contributed by atoms with van der Waals surface area (Å²) in [6.07, 6.45) is 21.4. The molecule has 0 fully saturated rings. The Kier molecular flexibility index (Phi) is 19.7. The predicted molar refractivity (Wildman–Crippen MR) is 236 cm³/mol. The molecule has 3 aromatic rings. The summed E-state index contributed by atoms with van der Waals surface area (Å²) in [5.41, 5.74) is 7.37. The molecule has 1 heterocycles. The van der Waals surface area contributed by atoms with Crippen molar-refractivity contribution in [3.63, 3.8) is 0 Å². The van der Waals surface area contributed by atoms with Gasteiger partial charge in [-0.15, -0.1) is 0 Å². The van der Waals surface area contributed by atoms with Crippen molar-refractivity contribution in [1.29, 1.82) is 0 Å². The quantitative estimate of drug-likeness (QED) is 0.0242. The number of benzene rings is 2. The van der Waals surface area contributed by atoms with Gasteiger partial charge in [-0.25, -0.2) is 0 Å². The van der Waals surface area contributed by atoms with Crippen LogP contribution in [0.3, 0.4) is 0 Å². The minimum absolute atomic E-state index is 0.822. The number of rotatable bonds is 23. The lowest BCUT2D eigenvalue weighted by atomic mass is 10.1. The Morgan fingerprint density at radius 1 is 0.731 bits per heavy atom. The van der Waals surface area contributed by atoms with Gasteiger partial charge in [-0.2, -0.15) is 4.57 Å². The molecule has 0 N–H and O–H groups in total. The zero-order valence-electron chi connectivity index (χ0n) is 33.1. The Balaban J connectivity index is 1.31. The van der Waals surface area contributed by atoms with Crippen LogP contribution >= 0.6 is 21.6 Å². The van der Waals surface area contributed by atoms with Crippen LogP contribution in [0.4, 0.5) is 11.4 Å². The molecule has 0 amide bonds. The molecule has 2 aromatic carbocycles. The summed E-state index contributed by atoms with van der Waals surface area (Å²) in [5, 5.41) is 0. The Hall–Kier alpha value is -3.56. The van der Waals surface area contributed by atoms with Gasteiger partial charge >= 0.3 is 0 Å². The lowest BCUT2D eigenvalue weighted by molar-refractivity contribution is -0.870. The number of hydrogen-bond donors (Lipinski definition) is 0. The molecular formula is C44H64N6S2+2. The van der Waals surface area contributed by atoms with Crippen LogP contribution in [0.2, 0.25) is 0 Å². The summed E-state index contributed by atoms with van der Waals surface area (Å²) in [6.45, 7) is 8.34. The zero-order chi connectivity index (χ0) is 37.6. The number of aliphatic imine (C=N–C) groups is 1. The molecule has 280 valence electrons. The maximum Gasteiger partial charge on any atom is 0.205 e. The van der Waals surface area contributed by atoms with E-state index in [1.54, 1.807) is 0 Å². The Morgan fingerprint density at radius 2 is 1.37 bits per heavy atom. The first-order valence-corrected chi connectivity index (χ1v) is 21.0. The maximum absolute atomic E-state index is 4.56. The normalized spacial score (nSPS) is 12.8. The lowest BCUT2D eigenvalue weighted by Gasteiger charge is -2.26. The molecule has 0 atom stereocenters. The van der Waals surface area contributed by atoms with Gasteiger partial charge in [0.05, 0.1) is 33.4 Å². The highest BCUT2D eigenvalue weighted by molar-refractivity contribution is 8.76. The van der Waals surface area contributed by atoms with E-state index < -0.39 is 0 Å². The second-order valence-electron chi connectivity index (χ2n) is 14.5. The van der Waals surface area contributed by atoms with Crippen LogP contribution in [0.15, 0.2) is 108 Å². The highest BCUT2D eigenvalue weighted by Gasteiger charge is 2.09. The van der Waals surface area contributed by atoms with Crippen LogP contribution in [0.25, 0.3) is 18.2 Å². The monoisotopic (exact) mass is 740 g/mol. The molecule has 0 saturated heterocycles. The Bertz CT molecular complexity index is 1580. The molecule has 0 bridgehead atoms. The minimum atomic E-state index is 0.822. The fourth-order valence-corrected chi connectivity index (χ4v) is 7.23. The van der Waals surface area contributed by atoms with E-state index in [1.165, 1.54) is 46.7 Å². The second-order valence-corrected chi connectivity index (χ2v) is 17.2. The molecule has 52 heavy (non-hydrogen) atoms. The predicted octanol–water partition coefficient (Wildman–Crippen LogP) is 8.73. The van der Waals surface area contributed by atoms with Crippen molar-refractivity contribution in [2.24, 2.45) is 4.99 Å². The van der Waals surface area contributed by atoms with Crippen LogP contribution in [0, 0.1) is 0 Å². The van der Waals surface area contributed by atoms with E-state index >= 15 is 0 Å². The SMILES string of the molecule is CC(/C=C/c1ccc(N(C)CCC[N+](C)(C)C)cc1)=C\C=C/C=N/CCSSCC[n+]1ccccc1/C=C/c1ccc(N(C)CCCN(C)C)cc1. The van der Waals surface area contributed by atoms with Gasteiger partial charge in [0, 0.05) is 81.7 Å². The number of nitrogens with zero attached hydrogens (tertiary/aromatic N) is 6. The Labute approximate surface area is 324 Å². The van der Waals surface area contributed by atoms with Gasteiger partial charge in [0.25, 0.3) is 0 Å². The van der Waals surface area contributed by atoms with Crippen molar-refractivity contribution < 1.29 is 9.05 Å². The molecule has 8 heteroatoms. The molecule has 6 nitrogen and oxygen atoms in total. The van der Waals surface area contributed by atoms with Crippen molar-refractivity contribution in [2.75, 3.05) is 103 Å². The number of hydrogen-bond acceptors (Lipinski definition) is 6. The topological polar surface area (TPSA) is 26.0 Å². The first-order chi connectivity index (χ1) is 25.0. The first-order valence-electron chi connectivity index (χ1n) is 18.5. The van der Waals surface area contributed by atoms with Gasteiger partial charge in [-0.3, -0.25) is 4.99 Å². The maximum atomic E-state index is 4.56. The van der Waals surface area contributed by atoms with Crippen molar-refractivity contribution >= 4 is 57.4 Å². The van der Waals surface area contributed by atoms with Gasteiger partial charge in [-0.1, -0.05) is 75.7 Å². The molecule has 0 aliphatic heterocycles. The van der Waals surface area contributed by atoms with Crippen LogP contribution in [-0.4, -0.2) is 109 Å². The van der Waals surface area contributed by atoms with E-state index in [2.05, 4.69) is 190 Å². The van der Waals surface area contributed by atoms with Gasteiger partial charge in [0.2, 0.25) is 5.69 Å². The average Bonchev–Trinajstić information content (AvgIpc) is 3.12. The third kappa shape index (κ3) is 18.3. The average molecular weight is 741 g/mol. The van der Waals surface area contributed by atoms with Crippen molar-refractivity contribution in [2.45, 2.75) is 26.3 Å². The highest BCUT2D eigenvalue weighted by Crippen LogP contribution is 2.21. The van der Waals surface area contributed by atoms with E-state index in [0.29, 0.717) is 0 Å². The third-order valence-electron chi connectivity index (χ3n) is 8.51. The summed E-state index contributed by atoms with van der Waals surface area (Å²) < 4.78 is 3.34. The van der Waals surface area contributed by atoms with Crippen molar-refractivity contribution in [1.82, 2.24) is 4.90 Å². The van der Waals surface area contributed by atoms with Crippen molar-refractivity contribution in [3.8, 4) is 0 Å². The van der Waals surface area contributed by atoms with Crippen molar-refractivity contribution in [3.05, 3.63) is 120 Å². The standard InChI is InChI=1S/C44H64N6S2/c1-39(17-18-40-19-24-43(25-20-40)48(5)33-14-36-50(6,7)8)15-9-11-29-45-30-37-51-52-38-35-49-34-12-10-16-44(49)28-23-41-21-26-42(27-22-41)47(4)32-13-31-46(2)3/h9-12,15-29,34H,13-14,30-33,35-38H2,1-8H3/q+2/b11-9-,18-17+,39-15+,45-29+. The highest BCUT2D eigenvalue weighted by atomic mass is 33.1. The number of pyridine rings is 1. The lowest BCUT2D eigenvalue weighted by Crippen LogP contribution is -2.37. The minimum Gasteiger partial charge on any atom is -0.375 e. The number of anilines is 2. The number of aryl methyl sites for hydroxylation is 1. The van der Waals surface area contributed by atoms with E-state index in [-0.39, 0.29) is 0 Å². The summed E-state index contributed by atoms with van der Waals surface area (Å²) in [5.74, 6) is 2.05. The third-order valence-corrected chi connectivity index (χ3v) is 10.9. The Morgan fingerprint density at radius 3 is 2.02 bits per heavy atom. The number of quaternary nitrogens is 1. The summed E-state index contributed by atoms with van der Waals surface area (Å²) in [4.78, 5) is 11.5.